The fourth-order valence-electron chi connectivity index (χ4n) is 2.81. The Balaban J connectivity index is 2.16. The highest BCUT2D eigenvalue weighted by atomic mass is 16.1. The van der Waals surface area contributed by atoms with E-state index in [4.69, 9.17) is 0 Å². The summed E-state index contributed by atoms with van der Waals surface area (Å²) in [7, 11) is 0. The molecule has 3 rings (SSSR count). The Labute approximate surface area is 107 Å². The van der Waals surface area contributed by atoms with E-state index < -0.39 is 0 Å². The highest BCUT2D eigenvalue weighted by molar-refractivity contribution is 6.07. The number of rotatable bonds is 2. The molecule has 0 saturated heterocycles. The summed E-state index contributed by atoms with van der Waals surface area (Å²) in [6, 6.07) is 16.4. The van der Waals surface area contributed by atoms with E-state index in [0.29, 0.717) is 5.78 Å². The van der Waals surface area contributed by atoms with Crippen molar-refractivity contribution in [1.82, 2.24) is 0 Å². The predicted molar refractivity (Wildman–Crippen MR) is 73.7 cm³/mol. The van der Waals surface area contributed by atoms with Crippen LogP contribution in [-0.4, -0.2) is 5.78 Å². The average molecular weight is 236 g/mol. The maximum absolute atomic E-state index is 12.4. The van der Waals surface area contributed by atoms with E-state index in [9.17, 15) is 4.79 Å². The van der Waals surface area contributed by atoms with Crippen molar-refractivity contribution in [2.75, 3.05) is 0 Å². The summed E-state index contributed by atoms with van der Waals surface area (Å²) in [5, 5.41) is 0. The monoisotopic (exact) mass is 236 g/mol. The molecule has 1 aliphatic carbocycles. The van der Waals surface area contributed by atoms with Crippen molar-refractivity contribution in [2.45, 2.75) is 19.8 Å². The molecule has 0 N–H and O–H groups in total. The van der Waals surface area contributed by atoms with Crippen molar-refractivity contribution in [3.63, 3.8) is 0 Å². The van der Waals surface area contributed by atoms with Crippen LogP contribution in [0.4, 0.5) is 0 Å². The van der Waals surface area contributed by atoms with Crippen LogP contribution in [0.15, 0.2) is 48.5 Å². The second kappa shape index (κ2) is 4.41. The summed E-state index contributed by atoms with van der Waals surface area (Å²) in [6.07, 6.45) is 1.84. The van der Waals surface area contributed by atoms with E-state index in [0.717, 1.165) is 29.5 Å². The number of ketones is 1. The Bertz CT molecular complexity index is 584. The lowest BCUT2D eigenvalue weighted by Gasteiger charge is -2.07. The van der Waals surface area contributed by atoms with Crippen LogP contribution in [0.1, 0.15) is 29.3 Å². The third kappa shape index (κ3) is 1.67. The molecule has 0 saturated carbocycles. The molecule has 0 radical (unpaired) electrons. The normalized spacial score (nSPS) is 17.8. The van der Waals surface area contributed by atoms with E-state index >= 15 is 0 Å². The molecule has 90 valence electrons. The molecule has 0 fully saturated rings. The van der Waals surface area contributed by atoms with E-state index in [2.05, 4.69) is 37.3 Å². The van der Waals surface area contributed by atoms with E-state index in [-0.39, 0.29) is 5.92 Å². The molecule has 1 aliphatic rings. The smallest absolute Gasteiger partial charge is 0.167 e. The molecule has 18 heavy (non-hydrogen) atoms. The molecule has 2 aromatic carbocycles. The van der Waals surface area contributed by atoms with Gasteiger partial charge in [0.1, 0.15) is 0 Å². The second-order valence-electron chi connectivity index (χ2n) is 4.88. The fourth-order valence-corrected chi connectivity index (χ4v) is 2.81. The Hall–Kier alpha value is -1.89. The zero-order valence-corrected chi connectivity index (χ0v) is 10.5. The number of hydrogen-bond donors (Lipinski definition) is 0. The van der Waals surface area contributed by atoms with Crippen molar-refractivity contribution < 1.29 is 4.79 Å². The number of carbonyl (C=O) groups excluding carboxylic acids is 1. The van der Waals surface area contributed by atoms with Gasteiger partial charge in [0.2, 0.25) is 0 Å². The number of hydrogen-bond acceptors (Lipinski definition) is 1. The van der Waals surface area contributed by atoms with Crippen molar-refractivity contribution in [3.05, 3.63) is 59.7 Å². The topological polar surface area (TPSA) is 17.1 Å². The van der Waals surface area contributed by atoms with Crippen LogP contribution in [0.25, 0.3) is 11.1 Å². The zero-order chi connectivity index (χ0) is 12.5. The molecule has 0 bridgehead atoms. The van der Waals surface area contributed by atoms with Gasteiger partial charge in [-0.05, 0) is 29.5 Å². The maximum atomic E-state index is 12.4. The van der Waals surface area contributed by atoms with Gasteiger partial charge in [-0.25, -0.2) is 0 Å². The predicted octanol–water partition coefficient (Wildman–Crippen LogP) is 4.12. The molecular weight excluding hydrogens is 220 g/mol. The molecule has 2 aromatic rings. The standard InChI is InChI=1S/C17H16O/c1-2-12-11-14-9-6-10-15(16(14)17(12)18)13-7-4-3-5-8-13/h3-10,12H,2,11H2,1H3. The third-order valence-electron chi connectivity index (χ3n) is 3.81. The maximum Gasteiger partial charge on any atom is 0.167 e. The highest BCUT2D eigenvalue weighted by Gasteiger charge is 2.31. The second-order valence-corrected chi connectivity index (χ2v) is 4.88. The van der Waals surface area contributed by atoms with Crippen LogP contribution in [0.3, 0.4) is 0 Å². The Morgan fingerprint density at radius 2 is 1.83 bits per heavy atom. The number of carbonyl (C=O) groups is 1. The first-order valence-corrected chi connectivity index (χ1v) is 6.52. The van der Waals surface area contributed by atoms with E-state index in [1.807, 2.05) is 18.2 Å². The fraction of sp³-hybridized carbons (Fsp3) is 0.235. The van der Waals surface area contributed by atoms with Crippen LogP contribution < -0.4 is 0 Å². The summed E-state index contributed by atoms with van der Waals surface area (Å²) >= 11 is 0. The summed E-state index contributed by atoms with van der Waals surface area (Å²) < 4.78 is 0. The Kier molecular flexibility index (Phi) is 2.75. The van der Waals surface area contributed by atoms with Crippen LogP contribution >= 0.6 is 0 Å². The van der Waals surface area contributed by atoms with Gasteiger partial charge in [0.15, 0.2) is 5.78 Å². The summed E-state index contributed by atoms with van der Waals surface area (Å²) in [4.78, 5) is 12.4. The van der Waals surface area contributed by atoms with Gasteiger partial charge in [-0.1, -0.05) is 55.5 Å². The summed E-state index contributed by atoms with van der Waals surface area (Å²) in [5.41, 5.74) is 4.40. The van der Waals surface area contributed by atoms with Gasteiger partial charge in [0.05, 0.1) is 0 Å². The lowest BCUT2D eigenvalue weighted by atomic mass is 9.95. The molecule has 1 unspecified atom stereocenters. The Morgan fingerprint density at radius 1 is 1.06 bits per heavy atom. The minimum absolute atomic E-state index is 0.185. The molecule has 0 aliphatic heterocycles. The number of benzene rings is 2. The van der Waals surface area contributed by atoms with Gasteiger partial charge in [0.25, 0.3) is 0 Å². The minimum atomic E-state index is 0.185. The molecule has 0 spiro atoms. The summed E-state index contributed by atoms with van der Waals surface area (Å²) in [5.74, 6) is 0.511. The van der Waals surface area contributed by atoms with Gasteiger partial charge >= 0.3 is 0 Å². The molecule has 1 atom stereocenters. The lowest BCUT2D eigenvalue weighted by molar-refractivity contribution is 0.0934. The quantitative estimate of drug-likeness (QED) is 0.766. The van der Waals surface area contributed by atoms with Crippen LogP contribution in [0.2, 0.25) is 0 Å². The molecular formula is C17H16O. The van der Waals surface area contributed by atoms with Crippen molar-refractivity contribution in [3.8, 4) is 11.1 Å². The van der Waals surface area contributed by atoms with E-state index in [1.165, 1.54) is 5.56 Å². The van der Waals surface area contributed by atoms with Gasteiger partial charge in [-0.3, -0.25) is 4.79 Å². The average Bonchev–Trinajstić information content (AvgIpc) is 2.76. The SMILES string of the molecule is CCC1Cc2cccc(-c3ccccc3)c2C1=O. The van der Waals surface area contributed by atoms with Crippen LogP contribution in [0, 0.1) is 5.92 Å². The van der Waals surface area contributed by atoms with Gasteiger partial charge < -0.3 is 0 Å². The molecule has 0 amide bonds. The number of Topliss-reactive ketones (excluding diaryl/α,β-unsaturated/α-hetero) is 1. The molecule has 1 heteroatoms. The van der Waals surface area contributed by atoms with Gasteiger partial charge in [0, 0.05) is 11.5 Å². The first kappa shape index (κ1) is 11.2. The minimum Gasteiger partial charge on any atom is -0.294 e. The van der Waals surface area contributed by atoms with Crippen molar-refractivity contribution >= 4 is 5.78 Å². The molecule has 1 nitrogen and oxygen atoms in total. The van der Waals surface area contributed by atoms with Crippen molar-refractivity contribution in [2.24, 2.45) is 5.92 Å². The first-order valence-electron chi connectivity index (χ1n) is 6.52. The first-order chi connectivity index (χ1) is 8.81. The lowest BCUT2D eigenvalue weighted by Crippen LogP contribution is -2.07. The van der Waals surface area contributed by atoms with Gasteiger partial charge in [-0.15, -0.1) is 0 Å². The molecule has 0 heterocycles. The van der Waals surface area contributed by atoms with E-state index in [1.54, 1.807) is 0 Å². The third-order valence-corrected chi connectivity index (χ3v) is 3.81. The largest absolute Gasteiger partial charge is 0.294 e. The number of fused-ring (bicyclic) bond motifs is 1. The van der Waals surface area contributed by atoms with Gasteiger partial charge in [-0.2, -0.15) is 0 Å². The Morgan fingerprint density at radius 3 is 2.56 bits per heavy atom. The summed E-state index contributed by atoms with van der Waals surface area (Å²) in [6.45, 7) is 2.09. The zero-order valence-electron chi connectivity index (χ0n) is 10.5. The highest BCUT2D eigenvalue weighted by Crippen LogP contribution is 2.35. The van der Waals surface area contributed by atoms with Crippen LogP contribution in [-0.2, 0) is 6.42 Å². The van der Waals surface area contributed by atoms with Crippen molar-refractivity contribution in [1.29, 1.82) is 0 Å². The van der Waals surface area contributed by atoms with Crippen LogP contribution in [0.5, 0.6) is 0 Å². The molecule has 0 aromatic heterocycles.